The fraction of sp³-hybridized carbons (Fsp3) is 0.500. The van der Waals surface area contributed by atoms with E-state index in [2.05, 4.69) is 0 Å². The van der Waals surface area contributed by atoms with Gasteiger partial charge < -0.3 is 19.2 Å². The number of furan rings is 1. The average molecular weight is 251 g/mol. The number of rotatable bonds is 2. The van der Waals surface area contributed by atoms with Crippen molar-refractivity contribution in [2.45, 2.75) is 25.9 Å². The average Bonchev–Trinajstić information content (AvgIpc) is 3.06. The molecular formula is C12H13NO5. The van der Waals surface area contributed by atoms with Gasteiger partial charge in [0.1, 0.15) is 11.8 Å². The molecule has 0 radical (unpaired) electrons. The van der Waals surface area contributed by atoms with Gasteiger partial charge in [0, 0.05) is 13.0 Å². The van der Waals surface area contributed by atoms with Gasteiger partial charge in [0.05, 0.1) is 6.54 Å². The van der Waals surface area contributed by atoms with Gasteiger partial charge in [0.15, 0.2) is 0 Å². The summed E-state index contributed by atoms with van der Waals surface area (Å²) in [6, 6.07) is 1.34. The Hall–Kier alpha value is -1.98. The lowest BCUT2D eigenvalue weighted by Gasteiger charge is -2.31. The van der Waals surface area contributed by atoms with Gasteiger partial charge in [0.2, 0.25) is 11.7 Å². The van der Waals surface area contributed by atoms with Gasteiger partial charge in [-0.1, -0.05) is 0 Å². The van der Waals surface area contributed by atoms with Gasteiger partial charge in [-0.15, -0.1) is 0 Å². The Kier molecular flexibility index (Phi) is 2.33. The molecule has 1 fully saturated rings. The summed E-state index contributed by atoms with van der Waals surface area (Å²) in [6.07, 6.45) is 2.07. The molecule has 1 atom stereocenters. The first-order valence-corrected chi connectivity index (χ1v) is 5.88. The maximum absolute atomic E-state index is 11.6. The third-order valence-electron chi connectivity index (χ3n) is 3.33. The van der Waals surface area contributed by atoms with Crippen LogP contribution in [0, 0.1) is 5.92 Å². The number of amides is 1. The van der Waals surface area contributed by atoms with E-state index in [1.165, 1.54) is 17.9 Å². The lowest BCUT2D eigenvalue weighted by atomic mass is 10.2. The summed E-state index contributed by atoms with van der Waals surface area (Å²) < 4.78 is 10.8. The molecule has 96 valence electrons. The number of nitrogens with zero attached hydrogens (tertiary/aromatic N) is 1. The van der Waals surface area contributed by atoms with E-state index in [0.717, 1.165) is 12.8 Å². The number of carbonyl (C=O) groups excluding carboxylic acids is 1. The Morgan fingerprint density at radius 1 is 1.44 bits per heavy atom. The van der Waals surface area contributed by atoms with Crippen LogP contribution in [0.15, 0.2) is 10.5 Å². The quantitative estimate of drug-likeness (QED) is 0.861. The van der Waals surface area contributed by atoms with Crippen LogP contribution in [0.3, 0.4) is 0 Å². The van der Waals surface area contributed by atoms with Crippen LogP contribution >= 0.6 is 0 Å². The van der Waals surface area contributed by atoms with Gasteiger partial charge in [-0.05, 0) is 18.8 Å². The molecule has 1 amide bonds. The van der Waals surface area contributed by atoms with Crippen molar-refractivity contribution in [3.63, 3.8) is 0 Å². The van der Waals surface area contributed by atoms with E-state index >= 15 is 0 Å². The van der Waals surface area contributed by atoms with Gasteiger partial charge in [0.25, 0.3) is 0 Å². The highest BCUT2D eigenvalue weighted by atomic mass is 16.6. The Balaban J connectivity index is 1.97. The Labute approximate surface area is 103 Å². The second-order valence-electron chi connectivity index (χ2n) is 4.71. The van der Waals surface area contributed by atoms with E-state index in [9.17, 15) is 9.59 Å². The zero-order chi connectivity index (χ0) is 12.9. The summed E-state index contributed by atoms with van der Waals surface area (Å²) >= 11 is 0. The van der Waals surface area contributed by atoms with Crippen molar-refractivity contribution in [3.05, 3.63) is 11.8 Å². The van der Waals surface area contributed by atoms with Gasteiger partial charge in [-0.25, -0.2) is 4.79 Å². The number of hydrogen-bond acceptors (Lipinski definition) is 4. The molecule has 1 aliphatic carbocycles. The maximum Gasteiger partial charge on any atom is 0.372 e. The van der Waals surface area contributed by atoms with Crippen molar-refractivity contribution in [2.75, 3.05) is 11.4 Å². The zero-order valence-electron chi connectivity index (χ0n) is 9.88. The van der Waals surface area contributed by atoms with E-state index in [1.807, 2.05) is 0 Å². The highest BCUT2D eigenvalue weighted by molar-refractivity contribution is 5.95. The van der Waals surface area contributed by atoms with Gasteiger partial charge in [-0.3, -0.25) is 4.79 Å². The van der Waals surface area contributed by atoms with Crippen molar-refractivity contribution in [1.82, 2.24) is 0 Å². The molecular weight excluding hydrogens is 238 g/mol. The van der Waals surface area contributed by atoms with Gasteiger partial charge >= 0.3 is 11.9 Å². The third-order valence-corrected chi connectivity index (χ3v) is 3.33. The molecule has 1 saturated carbocycles. The summed E-state index contributed by atoms with van der Waals surface area (Å²) in [7, 11) is 0. The number of hydrogen-bond donors (Lipinski definition) is 1. The minimum absolute atomic E-state index is 0.0887. The van der Waals surface area contributed by atoms with Crippen molar-refractivity contribution < 1.29 is 23.8 Å². The minimum Gasteiger partial charge on any atom is -0.475 e. The fourth-order valence-corrected chi connectivity index (χ4v) is 2.21. The molecule has 1 unspecified atom stereocenters. The van der Waals surface area contributed by atoms with E-state index in [4.69, 9.17) is 14.3 Å². The normalized spacial score (nSPS) is 22.3. The molecule has 0 aromatic carbocycles. The monoisotopic (exact) mass is 251 g/mol. The largest absolute Gasteiger partial charge is 0.475 e. The number of fused-ring (bicyclic) bond motifs is 1. The predicted molar refractivity (Wildman–Crippen MR) is 60.8 cm³/mol. The summed E-state index contributed by atoms with van der Waals surface area (Å²) in [5.41, 5.74) is 0.414. The number of carboxylic acid groups (broad SMARTS) is 1. The van der Waals surface area contributed by atoms with Crippen molar-refractivity contribution in [3.8, 4) is 5.95 Å². The maximum atomic E-state index is 11.6. The fourth-order valence-electron chi connectivity index (χ4n) is 2.21. The lowest BCUT2D eigenvalue weighted by molar-refractivity contribution is -0.117. The van der Waals surface area contributed by atoms with Crippen LogP contribution in [-0.4, -0.2) is 29.6 Å². The van der Waals surface area contributed by atoms with Crippen LogP contribution in [-0.2, 0) is 4.79 Å². The molecule has 0 saturated heterocycles. The minimum atomic E-state index is -1.17. The molecule has 1 N–H and O–H groups in total. The van der Waals surface area contributed by atoms with Crippen LogP contribution in [0.1, 0.15) is 30.3 Å². The van der Waals surface area contributed by atoms with E-state index < -0.39 is 5.97 Å². The Morgan fingerprint density at radius 2 is 2.17 bits per heavy atom. The van der Waals surface area contributed by atoms with Crippen LogP contribution in [0.4, 0.5) is 5.69 Å². The Bertz CT molecular complexity index is 517. The lowest BCUT2D eigenvalue weighted by Crippen LogP contribution is -2.43. The molecule has 0 spiro atoms. The molecule has 6 nitrogen and oxygen atoms in total. The molecule has 1 aromatic heterocycles. The molecule has 2 aliphatic rings. The summed E-state index contributed by atoms with van der Waals surface area (Å²) in [4.78, 5) is 24.0. The molecule has 1 aliphatic heterocycles. The van der Waals surface area contributed by atoms with E-state index in [0.29, 0.717) is 18.2 Å². The standard InChI is InChI=1S/C12H13NO5/c1-6(14)13-5-10(7-2-3-7)18-12-8(13)4-9(17-12)11(15)16/h4,7,10H,2-3,5H2,1H3,(H,15,16). The SMILES string of the molecule is CC(=O)N1CC(C2CC2)Oc2oc(C(=O)O)cc21. The topological polar surface area (TPSA) is 80.0 Å². The molecule has 0 bridgehead atoms. The van der Waals surface area contributed by atoms with Crippen molar-refractivity contribution >= 4 is 17.6 Å². The number of anilines is 1. The summed E-state index contributed by atoms with van der Waals surface area (Å²) in [5.74, 6) is -0.922. The molecule has 6 heteroatoms. The van der Waals surface area contributed by atoms with Gasteiger partial charge in [-0.2, -0.15) is 0 Å². The summed E-state index contributed by atoms with van der Waals surface area (Å²) in [5, 5.41) is 8.89. The number of carboxylic acids is 1. The van der Waals surface area contributed by atoms with Crippen molar-refractivity contribution in [2.24, 2.45) is 5.92 Å². The molecule has 1 aromatic rings. The Morgan fingerprint density at radius 3 is 2.72 bits per heavy atom. The van der Waals surface area contributed by atoms with Crippen LogP contribution in [0.2, 0.25) is 0 Å². The first-order chi connectivity index (χ1) is 8.56. The van der Waals surface area contributed by atoms with Crippen LogP contribution < -0.4 is 9.64 Å². The smallest absolute Gasteiger partial charge is 0.372 e. The molecule has 18 heavy (non-hydrogen) atoms. The highest BCUT2D eigenvalue weighted by Gasteiger charge is 2.41. The molecule has 2 heterocycles. The van der Waals surface area contributed by atoms with E-state index in [1.54, 1.807) is 0 Å². The van der Waals surface area contributed by atoms with Crippen molar-refractivity contribution in [1.29, 1.82) is 0 Å². The van der Waals surface area contributed by atoms with Crippen LogP contribution in [0.5, 0.6) is 5.95 Å². The highest BCUT2D eigenvalue weighted by Crippen LogP contribution is 2.43. The summed E-state index contributed by atoms with van der Waals surface area (Å²) in [6.45, 7) is 1.91. The predicted octanol–water partition coefficient (Wildman–Crippen LogP) is 1.50. The second kappa shape index (κ2) is 3.76. The second-order valence-corrected chi connectivity index (χ2v) is 4.71. The number of ether oxygens (including phenoxy) is 1. The third kappa shape index (κ3) is 1.73. The van der Waals surface area contributed by atoms with Crippen LogP contribution in [0.25, 0.3) is 0 Å². The number of carbonyl (C=O) groups is 2. The number of aromatic carboxylic acids is 1. The zero-order valence-corrected chi connectivity index (χ0v) is 9.88. The van der Waals surface area contributed by atoms with E-state index in [-0.39, 0.29) is 23.7 Å². The first-order valence-electron chi connectivity index (χ1n) is 5.88. The first kappa shape index (κ1) is 11.1. The molecule has 3 rings (SSSR count).